The second kappa shape index (κ2) is 7.01. The number of esters is 1. The van der Waals surface area contributed by atoms with E-state index in [1.54, 1.807) is 0 Å². The molecule has 1 rings (SSSR count). The predicted octanol–water partition coefficient (Wildman–Crippen LogP) is 3.53. The topological polar surface area (TPSA) is 48.4 Å². The maximum Gasteiger partial charge on any atom is 0.574 e. The molecule has 0 spiro atoms. The molecule has 0 bridgehead atoms. The zero-order chi connectivity index (χ0) is 16.2. The normalized spacial score (nSPS) is 11.6. The SMILES string of the molecule is COC(=O)Cc1cc(C(F)F)c(CBr)nc1OC(F)(F)F. The van der Waals surface area contributed by atoms with Crippen molar-refractivity contribution >= 4 is 21.9 Å². The Morgan fingerprint density at radius 3 is 2.48 bits per heavy atom. The summed E-state index contributed by atoms with van der Waals surface area (Å²) in [4.78, 5) is 14.6. The molecule has 0 saturated carbocycles. The molecule has 118 valence electrons. The summed E-state index contributed by atoms with van der Waals surface area (Å²) < 4.78 is 70.5. The number of carbonyl (C=O) groups is 1. The van der Waals surface area contributed by atoms with Crippen LogP contribution in [0.3, 0.4) is 0 Å². The largest absolute Gasteiger partial charge is 0.574 e. The second-order valence-electron chi connectivity index (χ2n) is 3.72. The number of rotatable bonds is 5. The molecule has 10 heteroatoms. The van der Waals surface area contributed by atoms with Crippen molar-refractivity contribution in [1.82, 2.24) is 4.98 Å². The molecule has 1 aromatic rings. The van der Waals surface area contributed by atoms with Gasteiger partial charge in [-0.25, -0.2) is 13.8 Å². The lowest BCUT2D eigenvalue weighted by atomic mass is 10.1. The minimum Gasteiger partial charge on any atom is -0.469 e. The zero-order valence-corrected chi connectivity index (χ0v) is 12.1. The number of methoxy groups -OCH3 is 1. The first kappa shape index (κ1) is 17.6. The monoisotopic (exact) mass is 377 g/mol. The predicted molar refractivity (Wildman–Crippen MR) is 64.2 cm³/mol. The van der Waals surface area contributed by atoms with Crippen molar-refractivity contribution in [3.05, 3.63) is 22.9 Å². The van der Waals surface area contributed by atoms with Crippen LogP contribution in [-0.2, 0) is 21.3 Å². The van der Waals surface area contributed by atoms with Gasteiger partial charge in [0.15, 0.2) is 0 Å². The van der Waals surface area contributed by atoms with E-state index in [2.05, 4.69) is 30.4 Å². The van der Waals surface area contributed by atoms with Gasteiger partial charge in [0.1, 0.15) is 0 Å². The summed E-state index contributed by atoms with van der Waals surface area (Å²) in [5, 5.41) is -0.195. The highest BCUT2D eigenvalue weighted by Gasteiger charge is 2.34. The highest BCUT2D eigenvalue weighted by atomic mass is 79.9. The highest BCUT2D eigenvalue weighted by molar-refractivity contribution is 9.08. The van der Waals surface area contributed by atoms with E-state index in [0.717, 1.165) is 13.2 Å². The van der Waals surface area contributed by atoms with Crippen molar-refractivity contribution in [1.29, 1.82) is 0 Å². The molecule has 1 aromatic heterocycles. The molecule has 0 amide bonds. The third-order valence-electron chi connectivity index (χ3n) is 2.31. The van der Waals surface area contributed by atoms with Crippen LogP contribution in [0.5, 0.6) is 5.88 Å². The minimum absolute atomic E-state index is 0.195. The summed E-state index contributed by atoms with van der Waals surface area (Å²) in [7, 11) is 1.01. The fourth-order valence-corrected chi connectivity index (χ4v) is 1.89. The van der Waals surface area contributed by atoms with Crippen LogP contribution >= 0.6 is 15.9 Å². The Labute approximate surface area is 124 Å². The van der Waals surface area contributed by atoms with Crippen molar-refractivity contribution in [2.24, 2.45) is 0 Å². The van der Waals surface area contributed by atoms with Crippen LogP contribution in [0.2, 0.25) is 0 Å². The summed E-state index contributed by atoms with van der Waals surface area (Å²) in [6.45, 7) is 0. The van der Waals surface area contributed by atoms with Gasteiger partial charge in [-0.05, 0) is 6.07 Å². The lowest BCUT2D eigenvalue weighted by Crippen LogP contribution is -2.20. The van der Waals surface area contributed by atoms with Crippen molar-refractivity contribution in [3.63, 3.8) is 0 Å². The second-order valence-corrected chi connectivity index (χ2v) is 4.28. The molecule has 0 aliphatic heterocycles. The molecule has 0 atom stereocenters. The third-order valence-corrected chi connectivity index (χ3v) is 2.84. The fraction of sp³-hybridized carbons (Fsp3) is 0.455. The lowest BCUT2D eigenvalue weighted by molar-refractivity contribution is -0.276. The number of aromatic nitrogens is 1. The van der Waals surface area contributed by atoms with Crippen LogP contribution in [0.4, 0.5) is 22.0 Å². The number of ether oxygens (including phenoxy) is 2. The summed E-state index contributed by atoms with van der Waals surface area (Å²) in [5.41, 5.74) is -1.32. The Morgan fingerprint density at radius 2 is 2.05 bits per heavy atom. The molecule has 0 aliphatic rings. The fourth-order valence-electron chi connectivity index (χ4n) is 1.44. The molecule has 0 saturated heterocycles. The average Bonchev–Trinajstić information content (AvgIpc) is 2.37. The number of hydrogen-bond donors (Lipinski definition) is 0. The van der Waals surface area contributed by atoms with E-state index in [1.807, 2.05) is 0 Å². The van der Waals surface area contributed by atoms with Gasteiger partial charge in [0.05, 0.1) is 19.2 Å². The van der Waals surface area contributed by atoms with Crippen molar-refractivity contribution in [2.45, 2.75) is 24.5 Å². The van der Waals surface area contributed by atoms with Gasteiger partial charge in [-0.15, -0.1) is 13.2 Å². The van der Waals surface area contributed by atoms with Gasteiger partial charge in [0.25, 0.3) is 6.43 Å². The van der Waals surface area contributed by atoms with Gasteiger partial charge in [-0.1, -0.05) is 15.9 Å². The minimum atomic E-state index is -5.06. The molecule has 0 aromatic carbocycles. The number of nitrogens with zero attached hydrogens (tertiary/aromatic N) is 1. The Kier molecular flexibility index (Phi) is 5.87. The Hall–Kier alpha value is -1.45. The molecule has 4 nitrogen and oxygen atoms in total. The van der Waals surface area contributed by atoms with Crippen molar-refractivity contribution in [2.75, 3.05) is 7.11 Å². The molecule has 0 aliphatic carbocycles. The molecule has 1 heterocycles. The maximum absolute atomic E-state index is 12.8. The van der Waals surface area contributed by atoms with E-state index in [-0.39, 0.29) is 11.0 Å². The molecular weight excluding hydrogens is 369 g/mol. The molecular formula is C11H9BrF5NO3. The number of halogens is 6. The highest BCUT2D eigenvalue weighted by Crippen LogP contribution is 2.31. The number of alkyl halides is 6. The molecule has 0 radical (unpaired) electrons. The van der Waals surface area contributed by atoms with Crippen LogP contribution in [0, 0.1) is 0 Å². The maximum atomic E-state index is 12.8. The van der Waals surface area contributed by atoms with E-state index in [1.165, 1.54) is 0 Å². The van der Waals surface area contributed by atoms with Gasteiger partial charge in [-0.2, -0.15) is 0 Å². The molecule has 0 unspecified atom stereocenters. The summed E-state index contributed by atoms with van der Waals surface area (Å²) in [6, 6.07) is 0.756. The standard InChI is InChI=1S/C11H9BrF5NO3/c1-20-8(19)3-5-2-6(9(13)14)7(4-12)18-10(5)21-11(15,16)17/h2,9H,3-4H2,1H3. The van der Waals surface area contributed by atoms with Crippen molar-refractivity contribution < 1.29 is 36.2 Å². The van der Waals surface area contributed by atoms with E-state index >= 15 is 0 Å². The quantitative estimate of drug-likeness (QED) is 0.447. The van der Waals surface area contributed by atoms with Gasteiger partial charge in [-0.3, -0.25) is 4.79 Å². The number of hydrogen-bond acceptors (Lipinski definition) is 4. The van der Waals surface area contributed by atoms with Gasteiger partial charge < -0.3 is 9.47 Å². The third kappa shape index (κ3) is 5.10. The van der Waals surface area contributed by atoms with Crippen LogP contribution in [0.1, 0.15) is 23.2 Å². The smallest absolute Gasteiger partial charge is 0.469 e. The molecule has 0 fully saturated rings. The van der Waals surface area contributed by atoms with E-state index in [4.69, 9.17) is 0 Å². The van der Waals surface area contributed by atoms with Crippen LogP contribution in [-0.4, -0.2) is 24.4 Å². The molecule has 0 N–H and O–H groups in total. The number of pyridine rings is 1. The van der Waals surface area contributed by atoms with Crippen LogP contribution in [0.15, 0.2) is 6.07 Å². The van der Waals surface area contributed by atoms with Crippen molar-refractivity contribution in [3.8, 4) is 5.88 Å². The average molecular weight is 378 g/mol. The molecule has 21 heavy (non-hydrogen) atoms. The van der Waals surface area contributed by atoms with Gasteiger partial charge >= 0.3 is 12.3 Å². The summed E-state index contributed by atoms with van der Waals surface area (Å²) in [6.07, 6.45) is -8.69. The van der Waals surface area contributed by atoms with E-state index < -0.39 is 42.2 Å². The first-order chi connectivity index (χ1) is 9.67. The Balaban J connectivity index is 3.33. The summed E-state index contributed by atoms with van der Waals surface area (Å²) >= 11 is 2.86. The zero-order valence-electron chi connectivity index (χ0n) is 10.5. The Bertz CT molecular complexity index is 521. The Morgan fingerprint density at radius 1 is 1.43 bits per heavy atom. The number of carbonyl (C=O) groups excluding carboxylic acids is 1. The van der Waals surface area contributed by atoms with E-state index in [9.17, 15) is 26.7 Å². The van der Waals surface area contributed by atoms with Crippen LogP contribution in [0.25, 0.3) is 0 Å². The first-order valence-corrected chi connectivity index (χ1v) is 6.49. The van der Waals surface area contributed by atoms with E-state index in [0.29, 0.717) is 0 Å². The van der Waals surface area contributed by atoms with Gasteiger partial charge in [0.2, 0.25) is 5.88 Å². The lowest BCUT2D eigenvalue weighted by Gasteiger charge is -2.15. The first-order valence-electron chi connectivity index (χ1n) is 5.37. The summed E-state index contributed by atoms with van der Waals surface area (Å²) in [5.74, 6) is -1.86. The van der Waals surface area contributed by atoms with Gasteiger partial charge in [0, 0.05) is 16.5 Å². The van der Waals surface area contributed by atoms with Crippen LogP contribution < -0.4 is 4.74 Å².